The molecule has 1 saturated heterocycles. The molecule has 2 aliphatic carbocycles. The Morgan fingerprint density at radius 1 is 1.10 bits per heavy atom. The predicted octanol–water partition coefficient (Wildman–Crippen LogP) is 2.16. The van der Waals surface area contributed by atoms with Crippen LogP contribution in [0.15, 0.2) is 0 Å². The van der Waals surface area contributed by atoms with Gasteiger partial charge in [0.05, 0.1) is 0 Å². The maximum Gasteiger partial charge on any atom is 0.317 e. The summed E-state index contributed by atoms with van der Waals surface area (Å²) in [6, 6.07) is 0.902. The molecule has 2 amide bonds. The van der Waals surface area contributed by atoms with Gasteiger partial charge in [0.15, 0.2) is 0 Å². The smallest absolute Gasteiger partial charge is 0.317 e. The second-order valence-corrected chi connectivity index (χ2v) is 7.30. The monoisotopic (exact) mass is 279 g/mol. The highest BCUT2D eigenvalue weighted by atomic mass is 16.2. The number of nitrogens with one attached hydrogen (secondary N) is 1. The van der Waals surface area contributed by atoms with E-state index in [2.05, 4.69) is 24.3 Å². The van der Waals surface area contributed by atoms with Crippen molar-refractivity contribution < 1.29 is 4.79 Å². The summed E-state index contributed by atoms with van der Waals surface area (Å²) in [6.45, 7) is 2.81. The third kappa shape index (κ3) is 3.27. The molecule has 3 rings (SSSR count). The van der Waals surface area contributed by atoms with Gasteiger partial charge in [0, 0.05) is 25.7 Å². The van der Waals surface area contributed by atoms with Gasteiger partial charge in [0.1, 0.15) is 0 Å². The molecular formula is C16H29N3O. The van der Waals surface area contributed by atoms with Crippen molar-refractivity contribution in [3.8, 4) is 0 Å². The van der Waals surface area contributed by atoms with Crippen molar-refractivity contribution in [1.29, 1.82) is 0 Å². The molecule has 1 heterocycles. The third-order valence-corrected chi connectivity index (χ3v) is 5.60. The molecule has 0 aromatic carbocycles. The Bertz CT molecular complexity index is 340. The number of carbonyl (C=O) groups is 1. The Hall–Kier alpha value is -0.770. The van der Waals surface area contributed by atoms with Crippen LogP contribution in [-0.4, -0.2) is 55.6 Å². The third-order valence-electron chi connectivity index (χ3n) is 5.60. The van der Waals surface area contributed by atoms with Crippen LogP contribution < -0.4 is 5.32 Å². The molecule has 0 aromatic heterocycles. The fourth-order valence-electron chi connectivity index (χ4n) is 3.77. The highest BCUT2D eigenvalue weighted by Gasteiger charge is 2.35. The number of amides is 2. The lowest BCUT2D eigenvalue weighted by Crippen LogP contribution is -2.49. The first-order valence-electron chi connectivity index (χ1n) is 8.32. The van der Waals surface area contributed by atoms with E-state index in [0.717, 1.165) is 37.5 Å². The number of likely N-dealkylation sites (tertiary alicyclic amines) is 1. The van der Waals surface area contributed by atoms with Crippen LogP contribution >= 0.6 is 0 Å². The van der Waals surface area contributed by atoms with Gasteiger partial charge in [-0.05, 0) is 70.4 Å². The number of urea groups is 1. The van der Waals surface area contributed by atoms with Gasteiger partial charge in [0.25, 0.3) is 0 Å². The van der Waals surface area contributed by atoms with E-state index < -0.39 is 0 Å². The van der Waals surface area contributed by atoms with Crippen molar-refractivity contribution in [2.24, 2.45) is 17.8 Å². The molecule has 0 aromatic rings. The quantitative estimate of drug-likeness (QED) is 0.856. The molecule has 2 saturated carbocycles. The van der Waals surface area contributed by atoms with E-state index in [-0.39, 0.29) is 6.03 Å². The van der Waals surface area contributed by atoms with E-state index in [0.29, 0.717) is 5.92 Å². The molecular weight excluding hydrogens is 250 g/mol. The average Bonchev–Trinajstić information content (AvgIpc) is 3.20. The van der Waals surface area contributed by atoms with Gasteiger partial charge >= 0.3 is 6.03 Å². The zero-order chi connectivity index (χ0) is 14.1. The van der Waals surface area contributed by atoms with Crippen LogP contribution in [0.25, 0.3) is 0 Å². The zero-order valence-electron chi connectivity index (χ0n) is 13.0. The van der Waals surface area contributed by atoms with Gasteiger partial charge in [-0.1, -0.05) is 0 Å². The topological polar surface area (TPSA) is 35.6 Å². The van der Waals surface area contributed by atoms with Crippen molar-refractivity contribution in [2.45, 2.75) is 44.6 Å². The Balaban J connectivity index is 1.31. The van der Waals surface area contributed by atoms with E-state index in [1.165, 1.54) is 38.5 Å². The lowest BCUT2D eigenvalue weighted by Gasteiger charge is -2.40. The first-order chi connectivity index (χ1) is 9.63. The summed E-state index contributed by atoms with van der Waals surface area (Å²) in [4.78, 5) is 16.5. The summed E-state index contributed by atoms with van der Waals surface area (Å²) >= 11 is 0. The Kier molecular flexibility index (Phi) is 4.20. The van der Waals surface area contributed by atoms with E-state index in [1.54, 1.807) is 0 Å². The van der Waals surface area contributed by atoms with Crippen LogP contribution in [0.3, 0.4) is 0 Å². The second kappa shape index (κ2) is 5.92. The minimum Gasteiger partial charge on any atom is -0.338 e. The SMILES string of the molecule is CN(C)C1CC(CNC(=O)N2CCC(C3CC3)CC2)C1. The fraction of sp³-hybridized carbons (Fsp3) is 0.938. The summed E-state index contributed by atoms with van der Waals surface area (Å²) in [5, 5.41) is 3.14. The molecule has 1 aliphatic heterocycles. The van der Waals surface area contributed by atoms with Crippen LogP contribution in [0, 0.1) is 17.8 Å². The van der Waals surface area contributed by atoms with Gasteiger partial charge in [-0.25, -0.2) is 4.79 Å². The molecule has 20 heavy (non-hydrogen) atoms. The average molecular weight is 279 g/mol. The van der Waals surface area contributed by atoms with Gasteiger partial charge in [-0.2, -0.15) is 0 Å². The second-order valence-electron chi connectivity index (χ2n) is 7.30. The molecule has 1 N–H and O–H groups in total. The fourth-order valence-corrected chi connectivity index (χ4v) is 3.77. The van der Waals surface area contributed by atoms with E-state index in [4.69, 9.17) is 0 Å². The van der Waals surface area contributed by atoms with Crippen LogP contribution in [0.4, 0.5) is 4.79 Å². The van der Waals surface area contributed by atoms with E-state index in [9.17, 15) is 4.79 Å². The summed E-state index contributed by atoms with van der Waals surface area (Å²) in [6.07, 6.45) is 7.79. The summed E-state index contributed by atoms with van der Waals surface area (Å²) in [5.74, 6) is 2.60. The number of hydrogen-bond acceptors (Lipinski definition) is 2. The highest BCUT2D eigenvalue weighted by molar-refractivity contribution is 5.74. The molecule has 4 nitrogen and oxygen atoms in total. The first-order valence-corrected chi connectivity index (χ1v) is 8.32. The first kappa shape index (κ1) is 14.2. The van der Waals surface area contributed by atoms with Crippen molar-refractivity contribution in [3.05, 3.63) is 0 Å². The molecule has 0 bridgehead atoms. The van der Waals surface area contributed by atoms with Gasteiger partial charge in [0.2, 0.25) is 0 Å². The molecule has 114 valence electrons. The van der Waals surface area contributed by atoms with Crippen LogP contribution in [0.2, 0.25) is 0 Å². The predicted molar refractivity (Wildman–Crippen MR) is 80.6 cm³/mol. The molecule has 0 radical (unpaired) electrons. The number of carbonyl (C=O) groups excluding carboxylic acids is 1. The molecule has 0 atom stereocenters. The largest absolute Gasteiger partial charge is 0.338 e. The minimum atomic E-state index is 0.174. The van der Waals surface area contributed by atoms with Gasteiger partial charge in [-0.3, -0.25) is 0 Å². The summed E-state index contributed by atoms with van der Waals surface area (Å²) in [5.41, 5.74) is 0. The molecule has 3 fully saturated rings. The van der Waals surface area contributed by atoms with Crippen LogP contribution in [0.1, 0.15) is 38.5 Å². The van der Waals surface area contributed by atoms with Gasteiger partial charge < -0.3 is 15.1 Å². The number of piperidine rings is 1. The standard InChI is InChI=1S/C16H29N3O/c1-18(2)15-9-12(10-15)11-17-16(20)19-7-5-14(6-8-19)13-3-4-13/h12-15H,3-11H2,1-2H3,(H,17,20). The normalized spacial score (nSPS) is 31.2. The molecule has 4 heteroatoms. The highest BCUT2D eigenvalue weighted by Crippen LogP contribution is 2.41. The lowest BCUT2D eigenvalue weighted by atomic mass is 9.79. The van der Waals surface area contributed by atoms with Crippen molar-refractivity contribution in [1.82, 2.24) is 15.1 Å². The maximum absolute atomic E-state index is 12.2. The van der Waals surface area contributed by atoms with Crippen molar-refractivity contribution in [2.75, 3.05) is 33.7 Å². The lowest BCUT2D eigenvalue weighted by molar-refractivity contribution is 0.118. The summed E-state index contributed by atoms with van der Waals surface area (Å²) < 4.78 is 0. The number of nitrogens with zero attached hydrogens (tertiary/aromatic N) is 2. The summed E-state index contributed by atoms with van der Waals surface area (Å²) in [7, 11) is 4.28. The van der Waals surface area contributed by atoms with Crippen LogP contribution in [-0.2, 0) is 0 Å². The molecule has 0 spiro atoms. The van der Waals surface area contributed by atoms with E-state index in [1.807, 2.05) is 4.90 Å². The van der Waals surface area contributed by atoms with Crippen molar-refractivity contribution in [3.63, 3.8) is 0 Å². The Morgan fingerprint density at radius 3 is 2.25 bits per heavy atom. The Labute approximate surface area is 122 Å². The van der Waals surface area contributed by atoms with Crippen LogP contribution in [0.5, 0.6) is 0 Å². The maximum atomic E-state index is 12.2. The minimum absolute atomic E-state index is 0.174. The molecule has 0 unspecified atom stereocenters. The van der Waals surface area contributed by atoms with Crippen molar-refractivity contribution >= 4 is 6.03 Å². The number of rotatable bonds is 4. The van der Waals surface area contributed by atoms with E-state index >= 15 is 0 Å². The molecule has 3 aliphatic rings. The Morgan fingerprint density at radius 2 is 1.70 bits per heavy atom. The van der Waals surface area contributed by atoms with Gasteiger partial charge in [-0.15, -0.1) is 0 Å². The number of hydrogen-bond donors (Lipinski definition) is 1. The zero-order valence-corrected chi connectivity index (χ0v) is 13.0.